The van der Waals surface area contributed by atoms with Crippen molar-refractivity contribution in [3.05, 3.63) is 0 Å². The van der Waals surface area contributed by atoms with E-state index in [9.17, 15) is 0 Å². The molecule has 0 spiro atoms. The summed E-state index contributed by atoms with van der Waals surface area (Å²) in [7, 11) is 0. The molecule has 2 aliphatic carbocycles. The third-order valence-corrected chi connectivity index (χ3v) is 4.88. The molecule has 0 aromatic heterocycles. The standard InChI is InChI=1S/2C6H11O.2ClH.Ti/c2*7-6-4-2-1-3-5-6;;;/h2*6H,1-5H2;2*1H;/q2*-1;;;+2. The van der Waals surface area contributed by atoms with Crippen LogP contribution in [-0.4, -0.2) is 12.2 Å². The molecule has 0 aliphatic heterocycles. The van der Waals surface area contributed by atoms with Gasteiger partial charge in [0.1, 0.15) is 0 Å². The van der Waals surface area contributed by atoms with E-state index in [4.69, 9.17) is 6.64 Å². The molecule has 0 bridgehead atoms. The Morgan fingerprint density at radius 1 is 0.588 bits per heavy atom. The van der Waals surface area contributed by atoms with Crippen molar-refractivity contribution in [1.82, 2.24) is 0 Å². The summed E-state index contributed by atoms with van der Waals surface area (Å²) in [6, 6.07) is 0. The van der Waals surface area contributed by atoms with Gasteiger partial charge in [0.2, 0.25) is 0 Å². The molecule has 2 fully saturated rings. The first kappa shape index (κ1) is 18.2. The van der Waals surface area contributed by atoms with E-state index in [0.717, 1.165) is 0 Å². The molecule has 5 heteroatoms. The molecule has 0 amide bonds. The van der Waals surface area contributed by atoms with Crippen LogP contribution in [0.5, 0.6) is 0 Å². The molecule has 102 valence electrons. The molecule has 0 heterocycles. The van der Waals surface area contributed by atoms with Crippen LogP contribution in [0, 0.1) is 0 Å². The Hall–Kier alpha value is 1.21. The summed E-state index contributed by atoms with van der Waals surface area (Å²) in [5.74, 6) is 0. The van der Waals surface area contributed by atoms with Gasteiger partial charge >= 0.3 is 103 Å². The Morgan fingerprint density at radius 2 is 0.941 bits per heavy atom. The van der Waals surface area contributed by atoms with E-state index < -0.39 is 19.9 Å². The zero-order valence-electron chi connectivity index (χ0n) is 10.4. The smallest absolute Gasteiger partial charge is 0.147 e. The van der Waals surface area contributed by atoms with Gasteiger partial charge < -0.3 is 0 Å². The average molecular weight is 319 g/mol. The van der Waals surface area contributed by atoms with Crippen molar-refractivity contribution in [2.75, 3.05) is 0 Å². The largest absolute Gasteiger partial charge is 0.147 e. The second-order valence-corrected chi connectivity index (χ2v) is 5.84. The molecule has 0 saturated heterocycles. The summed E-state index contributed by atoms with van der Waals surface area (Å²) in [5.41, 5.74) is 0. The molecular formula is C12H24Cl2O2Ti. The predicted octanol–water partition coefficient (Wildman–Crippen LogP) is 4.44. The van der Waals surface area contributed by atoms with E-state index in [1.54, 1.807) is 0 Å². The fourth-order valence-corrected chi connectivity index (χ4v) is 3.78. The SMILES string of the molecule is C1CCC([O][Ti][O]C2CCCCC2)CC1.Cl.Cl. The second kappa shape index (κ2) is 11.1. The van der Waals surface area contributed by atoms with Crippen LogP contribution in [-0.2, 0) is 26.6 Å². The van der Waals surface area contributed by atoms with Gasteiger partial charge in [0.05, 0.1) is 0 Å². The van der Waals surface area contributed by atoms with Crippen molar-refractivity contribution in [3.63, 3.8) is 0 Å². The molecule has 2 saturated carbocycles. The van der Waals surface area contributed by atoms with Crippen LogP contribution < -0.4 is 0 Å². The second-order valence-electron chi connectivity index (χ2n) is 4.84. The third kappa shape index (κ3) is 7.39. The van der Waals surface area contributed by atoms with Gasteiger partial charge in [0.25, 0.3) is 0 Å². The molecule has 0 aromatic carbocycles. The molecule has 2 aliphatic rings. The van der Waals surface area contributed by atoms with Crippen molar-refractivity contribution in [3.8, 4) is 0 Å². The minimum Gasteiger partial charge on any atom is -0.147 e. The van der Waals surface area contributed by atoms with Gasteiger partial charge in [-0.15, -0.1) is 24.8 Å². The Balaban J connectivity index is 0.00000128. The first-order chi connectivity index (χ1) is 7.45. The molecule has 2 nitrogen and oxygen atoms in total. The minimum atomic E-state index is -0.557. The number of hydrogen-bond acceptors (Lipinski definition) is 2. The molecule has 0 atom stereocenters. The van der Waals surface area contributed by atoms with Crippen LogP contribution in [0.15, 0.2) is 0 Å². The average Bonchev–Trinajstić information content (AvgIpc) is 2.32. The number of rotatable bonds is 4. The Morgan fingerprint density at radius 3 is 1.29 bits per heavy atom. The predicted molar refractivity (Wildman–Crippen MR) is 70.4 cm³/mol. The van der Waals surface area contributed by atoms with Crippen LogP contribution in [0.1, 0.15) is 64.2 Å². The molecule has 0 unspecified atom stereocenters. The van der Waals surface area contributed by atoms with E-state index >= 15 is 0 Å². The number of halogens is 2. The van der Waals surface area contributed by atoms with E-state index in [1.165, 1.54) is 64.2 Å². The van der Waals surface area contributed by atoms with Crippen LogP contribution >= 0.6 is 24.8 Å². The summed E-state index contributed by atoms with van der Waals surface area (Å²) in [5, 5.41) is 0. The fourth-order valence-electron chi connectivity index (χ4n) is 2.53. The summed E-state index contributed by atoms with van der Waals surface area (Å²) in [4.78, 5) is 0. The van der Waals surface area contributed by atoms with Crippen LogP contribution in [0.3, 0.4) is 0 Å². The zero-order valence-corrected chi connectivity index (χ0v) is 13.6. The van der Waals surface area contributed by atoms with Gasteiger partial charge in [-0.1, -0.05) is 0 Å². The van der Waals surface area contributed by atoms with Gasteiger partial charge in [-0.05, 0) is 0 Å². The maximum absolute atomic E-state index is 5.89. The first-order valence-corrected chi connectivity index (χ1v) is 7.79. The topological polar surface area (TPSA) is 18.5 Å². The molecule has 0 radical (unpaired) electrons. The Labute approximate surface area is 127 Å². The monoisotopic (exact) mass is 318 g/mol. The zero-order chi connectivity index (χ0) is 10.3. The Bertz CT molecular complexity index is 154. The number of hydrogen-bond donors (Lipinski definition) is 0. The van der Waals surface area contributed by atoms with Gasteiger partial charge in [0, 0.05) is 0 Å². The summed E-state index contributed by atoms with van der Waals surface area (Å²) >= 11 is -0.557. The summed E-state index contributed by atoms with van der Waals surface area (Å²) < 4.78 is 11.8. The maximum atomic E-state index is 5.89. The van der Waals surface area contributed by atoms with Gasteiger partial charge in [-0.25, -0.2) is 0 Å². The van der Waals surface area contributed by atoms with Gasteiger partial charge in [-0.2, -0.15) is 0 Å². The van der Waals surface area contributed by atoms with Crippen molar-refractivity contribution < 1.29 is 26.6 Å². The molecular weight excluding hydrogens is 295 g/mol. The molecule has 0 aromatic rings. The van der Waals surface area contributed by atoms with E-state index in [2.05, 4.69) is 0 Å². The van der Waals surface area contributed by atoms with E-state index in [-0.39, 0.29) is 24.8 Å². The molecule has 0 N–H and O–H groups in total. The maximum Gasteiger partial charge on any atom is -0.147 e. The molecule has 2 rings (SSSR count). The van der Waals surface area contributed by atoms with Gasteiger partial charge in [-0.3, -0.25) is 0 Å². The quantitative estimate of drug-likeness (QED) is 0.713. The van der Waals surface area contributed by atoms with Crippen molar-refractivity contribution in [2.24, 2.45) is 0 Å². The third-order valence-electron chi connectivity index (χ3n) is 3.53. The van der Waals surface area contributed by atoms with Crippen molar-refractivity contribution >= 4 is 24.8 Å². The van der Waals surface area contributed by atoms with Crippen LogP contribution in [0.4, 0.5) is 0 Å². The van der Waals surface area contributed by atoms with Crippen LogP contribution in [0.25, 0.3) is 0 Å². The summed E-state index contributed by atoms with van der Waals surface area (Å²) in [6.45, 7) is 0. The van der Waals surface area contributed by atoms with Crippen molar-refractivity contribution in [1.29, 1.82) is 0 Å². The van der Waals surface area contributed by atoms with Crippen molar-refractivity contribution in [2.45, 2.75) is 76.4 Å². The van der Waals surface area contributed by atoms with Crippen LogP contribution in [0.2, 0.25) is 0 Å². The van der Waals surface area contributed by atoms with E-state index in [0.29, 0.717) is 12.2 Å². The minimum absolute atomic E-state index is 0. The first-order valence-electron chi connectivity index (χ1n) is 6.51. The molecule has 17 heavy (non-hydrogen) atoms. The van der Waals surface area contributed by atoms with Gasteiger partial charge in [0.15, 0.2) is 0 Å². The normalized spacial score (nSPS) is 22.4. The van der Waals surface area contributed by atoms with E-state index in [1.807, 2.05) is 0 Å². The Kier molecular flexibility index (Phi) is 11.9. The summed E-state index contributed by atoms with van der Waals surface area (Å²) in [6.07, 6.45) is 14.4. The fraction of sp³-hybridized carbons (Fsp3) is 1.00.